The maximum Gasteiger partial charge on any atom is 0.372 e. The van der Waals surface area contributed by atoms with Crippen molar-refractivity contribution in [3.8, 4) is 0 Å². The molecular formula is C19H18N8O4. The molecule has 1 aliphatic rings. The van der Waals surface area contributed by atoms with Crippen molar-refractivity contribution in [2.24, 2.45) is 0 Å². The van der Waals surface area contributed by atoms with Gasteiger partial charge in [-0.25, -0.2) is 0 Å². The van der Waals surface area contributed by atoms with E-state index in [-0.39, 0.29) is 11.6 Å². The summed E-state index contributed by atoms with van der Waals surface area (Å²) < 4.78 is 2.93. The van der Waals surface area contributed by atoms with E-state index in [1.807, 2.05) is 9.80 Å². The minimum atomic E-state index is -0.426. The lowest BCUT2D eigenvalue weighted by Crippen LogP contribution is -2.31. The highest BCUT2D eigenvalue weighted by atomic mass is 16.6. The number of pyridine rings is 2. The van der Waals surface area contributed by atoms with Crippen LogP contribution in [0.1, 0.15) is 6.42 Å². The summed E-state index contributed by atoms with van der Waals surface area (Å²) in [5.74, 6) is 0.454. The number of imidazole rings is 2. The third-order valence-electron chi connectivity index (χ3n) is 5.41. The van der Waals surface area contributed by atoms with Gasteiger partial charge in [0.15, 0.2) is 0 Å². The van der Waals surface area contributed by atoms with Gasteiger partial charge in [0, 0.05) is 38.3 Å². The summed E-state index contributed by atoms with van der Waals surface area (Å²) >= 11 is 0. The summed E-state index contributed by atoms with van der Waals surface area (Å²) in [5, 5.41) is 23.5. The van der Waals surface area contributed by atoms with Gasteiger partial charge < -0.3 is 30.0 Å². The number of fused-ring (bicyclic) bond motifs is 2. The lowest BCUT2D eigenvalue weighted by Gasteiger charge is -2.21. The van der Waals surface area contributed by atoms with E-state index in [2.05, 4.69) is 9.97 Å². The van der Waals surface area contributed by atoms with Crippen LogP contribution in [-0.2, 0) is 0 Å². The second kappa shape index (κ2) is 7.23. The number of rotatable bonds is 4. The van der Waals surface area contributed by atoms with E-state index >= 15 is 0 Å². The molecule has 0 atom stereocenters. The average molecular weight is 422 g/mol. The Hall–Kier alpha value is -4.22. The molecule has 0 radical (unpaired) electrons. The molecule has 0 bridgehead atoms. The molecule has 12 heteroatoms. The number of nitrogens with zero attached hydrogens (tertiary/aromatic N) is 8. The zero-order valence-electron chi connectivity index (χ0n) is 16.4. The molecule has 0 amide bonds. The second-order valence-electron chi connectivity index (χ2n) is 7.22. The predicted octanol–water partition coefficient (Wildman–Crippen LogP) is 2.52. The fourth-order valence-electron chi connectivity index (χ4n) is 4.05. The lowest BCUT2D eigenvalue weighted by atomic mass is 10.3. The zero-order chi connectivity index (χ0) is 21.5. The van der Waals surface area contributed by atoms with Gasteiger partial charge in [0.05, 0.1) is 12.4 Å². The van der Waals surface area contributed by atoms with Crippen molar-refractivity contribution in [1.29, 1.82) is 0 Å². The molecular weight excluding hydrogens is 404 g/mol. The first-order chi connectivity index (χ1) is 15.0. The highest BCUT2D eigenvalue weighted by Gasteiger charge is 2.31. The number of aromatic nitrogens is 4. The van der Waals surface area contributed by atoms with E-state index in [0.29, 0.717) is 55.5 Å². The Bertz CT molecular complexity index is 1210. The first-order valence-corrected chi connectivity index (χ1v) is 9.77. The average Bonchev–Trinajstić information content (AvgIpc) is 3.24. The van der Waals surface area contributed by atoms with E-state index in [1.165, 1.54) is 8.80 Å². The molecule has 1 aliphatic heterocycles. The highest BCUT2D eigenvalue weighted by Crippen LogP contribution is 2.32. The summed E-state index contributed by atoms with van der Waals surface area (Å²) in [6.07, 6.45) is 3.89. The molecule has 0 N–H and O–H groups in total. The van der Waals surface area contributed by atoms with E-state index in [1.54, 1.807) is 48.8 Å². The van der Waals surface area contributed by atoms with Gasteiger partial charge in [-0.2, -0.15) is 18.8 Å². The second-order valence-corrected chi connectivity index (χ2v) is 7.22. The normalized spacial score (nSPS) is 14.8. The number of hydrogen-bond donors (Lipinski definition) is 0. The monoisotopic (exact) mass is 422 g/mol. The van der Waals surface area contributed by atoms with Gasteiger partial charge in [-0.3, -0.25) is 0 Å². The van der Waals surface area contributed by atoms with Crippen molar-refractivity contribution in [3.05, 3.63) is 69.0 Å². The Balaban J connectivity index is 1.49. The van der Waals surface area contributed by atoms with Crippen LogP contribution >= 0.6 is 0 Å². The topological polar surface area (TPSA) is 127 Å². The SMILES string of the molecule is O=[N+]([O-])c1c(N2CCCN(c3nc4ccccn4c3[N+](=O)[O-])CC2)nc2ccccn12. The van der Waals surface area contributed by atoms with Gasteiger partial charge >= 0.3 is 11.6 Å². The van der Waals surface area contributed by atoms with Crippen LogP contribution < -0.4 is 9.80 Å². The minimum absolute atomic E-state index is 0.0808. The Morgan fingerprint density at radius 2 is 1.16 bits per heavy atom. The Labute approximate surface area is 175 Å². The van der Waals surface area contributed by atoms with Crippen LogP contribution in [0, 0.1) is 20.2 Å². The quantitative estimate of drug-likeness (QED) is 0.363. The van der Waals surface area contributed by atoms with Crippen LogP contribution in [-0.4, -0.2) is 54.8 Å². The van der Waals surface area contributed by atoms with E-state index < -0.39 is 9.85 Å². The maximum atomic E-state index is 11.8. The first kappa shape index (κ1) is 18.8. The van der Waals surface area contributed by atoms with Crippen molar-refractivity contribution in [3.63, 3.8) is 0 Å². The van der Waals surface area contributed by atoms with E-state index in [9.17, 15) is 20.2 Å². The molecule has 0 saturated carbocycles. The maximum absolute atomic E-state index is 11.8. The standard InChI is InChI=1S/C19H18N8O4/c28-26(29)18-16(20-14-6-1-3-10-24(14)18)22-8-5-9-23(13-12-22)17-19(27(30)31)25-11-4-2-7-15(25)21-17/h1-4,6-7,10-11H,5,8-9,12-13H2. The summed E-state index contributed by atoms with van der Waals surface area (Å²) in [4.78, 5) is 35.3. The molecule has 12 nitrogen and oxygen atoms in total. The van der Waals surface area contributed by atoms with Crippen LogP contribution in [0.25, 0.3) is 11.3 Å². The fourth-order valence-corrected chi connectivity index (χ4v) is 4.05. The summed E-state index contributed by atoms with van der Waals surface area (Å²) in [6, 6.07) is 10.4. The van der Waals surface area contributed by atoms with Gasteiger partial charge in [-0.05, 0) is 28.4 Å². The minimum Gasteiger partial charge on any atom is -0.358 e. The smallest absolute Gasteiger partial charge is 0.358 e. The van der Waals surface area contributed by atoms with Gasteiger partial charge in [-0.1, -0.05) is 12.1 Å². The van der Waals surface area contributed by atoms with E-state index in [4.69, 9.17) is 0 Å². The third-order valence-corrected chi connectivity index (χ3v) is 5.41. The molecule has 31 heavy (non-hydrogen) atoms. The van der Waals surface area contributed by atoms with Gasteiger partial charge in [-0.15, -0.1) is 0 Å². The van der Waals surface area contributed by atoms with Gasteiger partial charge in [0.25, 0.3) is 0 Å². The van der Waals surface area contributed by atoms with Gasteiger partial charge in [0.2, 0.25) is 22.9 Å². The van der Waals surface area contributed by atoms with Crippen LogP contribution in [0.4, 0.5) is 23.3 Å². The highest BCUT2D eigenvalue weighted by molar-refractivity contribution is 5.66. The zero-order valence-corrected chi connectivity index (χ0v) is 16.4. The molecule has 1 fully saturated rings. The van der Waals surface area contributed by atoms with Crippen LogP contribution in [0.15, 0.2) is 48.8 Å². The number of hydrogen-bond acceptors (Lipinski definition) is 8. The number of nitro groups is 2. The molecule has 0 unspecified atom stereocenters. The summed E-state index contributed by atoms with van der Waals surface area (Å²) in [6.45, 7) is 1.94. The summed E-state index contributed by atoms with van der Waals surface area (Å²) in [5.41, 5.74) is 1.00. The number of anilines is 2. The van der Waals surface area contributed by atoms with Crippen molar-refractivity contribution in [2.45, 2.75) is 6.42 Å². The van der Waals surface area contributed by atoms with Crippen molar-refractivity contribution in [2.75, 3.05) is 36.0 Å². The summed E-state index contributed by atoms with van der Waals surface area (Å²) in [7, 11) is 0. The Morgan fingerprint density at radius 3 is 1.58 bits per heavy atom. The van der Waals surface area contributed by atoms with Crippen LogP contribution in [0.2, 0.25) is 0 Å². The van der Waals surface area contributed by atoms with Crippen molar-refractivity contribution in [1.82, 2.24) is 18.8 Å². The molecule has 4 aromatic heterocycles. The van der Waals surface area contributed by atoms with Crippen molar-refractivity contribution < 1.29 is 9.85 Å². The molecule has 1 saturated heterocycles. The van der Waals surface area contributed by atoms with E-state index in [0.717, 1.165) is 0 Å². The Morgan fingerprint density at radius 1 is 0.710 bits per heavy atom. The lowest BCUT2D eigenvalue weighted by molar-refractivity contribution is -0.389. The molecule has 0 aromatic carbocycles. The van der Waals surface area contributed by atoms with Gasteiger partial charge in [0.1, 0.15) is 0 Å². The molecule has 0 spiro atoms. The molecule has 5 rings (SSSR count). The molecule has 5 heterocycles. The molecule has 0 aliphatic carbocycles. The fraction of sp³-hybridized carbons (Fsp3) is 0.263. The third kappa shape index (κ3) is 3.08. The Kier molecular flexibility index (Phi) is 4.38. The molecule has 4 aromatic rings. The first-order valence-electron chi connectivity index (χ1n) is 9.77. The van der Waals surface area contributed by atoms with Crippen LogP contribution in [0.3, 0.4) is 0 Å². The largest absolute Gasteiger partial charge is 0.372 e. The molecule has 158 valence electrons. The van der Waals surface area contributed by atoms with Crippen LogP contribution in [0.5, 0.6) is 0 Å². The van der Waals surface area contributed by atoms with Crippen molar-refractivity contribution >= 4 is 34.6 Å². The predicted molar refractivity (Wildman–Crippen MR) is 113 cm³/mol.